The van der Waals surface area contributed by atoms with Gasteiger partial charge < -0.3 is 19.6 Å². The number of nitrogens with two attached hydrogens (primary N) is 1. The third-order valence-electron chi connectivity index (χ3n) is 3.97. The summed E-state index contributed by atoms with van der Waals surface area (Å²) in [5, 5.41) is 0. The zero-order valence-corrected chi connectivity index (χ0v) is 12.3. The van der Waals surface area contributed by atoms with Crippen molar-refractivity contribution in [3.05, 3.63) is 47.4 Å². The molecule has 2 aromatic rings. The Kier molecular flexibility index (Phi) is 3.86. The molecule has 2 heterocycles. The van der Waals surface area contributed by atoms with Crippen molar-refractivity contribution in [2.45, 2.75) is 19.1 Å². The zero-order chi connectivity index (χ0) is 14.8. The van der Waals surface area contributed by atoms with Crippen molar-refractivity contribution in [3.8, 4) is 11.5 Å². The molecule has 1 unspecified atom stereocenters. The van der Waals surface area contributed by atoms with Gasteiger partial charge in [0.15, 0.2) is 0 Å². The third kappa shape index (κ3) is 2.50. The van der Waals surface area contributed by atoms with Crippen LogP contribution in [0.25, 0.3) is 0 Å². The summed E-state index contributed by atoms with van der Waals surface area (Å²) in [5.74, 6) is 2.58. The van der Waals surface area contributed by atoms with Crippen LogP contribution in [0.1, 0.15) is 22.9 Å². The van der Waals surface area contributed by atoms with E-state index in [0.717, 1.165) is 35.9 Å². The lowest BCUT2D eigenvalue weighted by Gasteiger charge is -2.23. The number of hydrogen-bond acceptors (Lipinski definition) is 5. The van der Waals surface area contributed by atoms with Crippen molar-refractivity contribution in [3.63, 3.8) is 0 Å². The van der Waals surface area contributed by atoms with Crippen molar-refractivity contribution in [1.29, 1.82) is 0 Å². The van der Waals surface area contributed by atoms with Crippen LogP contribution in [0.15, 0.2) is 34.9 Å². The maximum Gasteiger partial charge on any atom is 0.127 e. The second-order valence-corrected chi connectivity index (χ2v) is 5.14. The predicted octanol–water partition coefficient (Wildman–Crippen LogP) is 2.31. The van der Waals surface area contributed by atoms with Gasteiger partial charge in [0.2, 0.25) is 0 Å². The van der Waals surface area contributed by atoms with Crippen LogP contribution in [0.5, 0.6) is 11.5 Å². The summed E-state index contributed by atoms with van der Waals surface area (Å²) in [6.45, 7) is 2.08. The van der Waals surface area contributed by atoms with E-state index in [-0.39, 0.29) is 6.04 Å². The first-order valence-corrected chi connectivity index (χ1v) is 6.98. The van der Waals surface area contributed by atoms with Crippen LogP contribution in [0, 0.1) is 0 Å². The molecular weight excluding hydrogens is 268 g/mol. The van der Waals surface area contributed by atoms with E-state index in [0.29, 0.717) is 6.54 Å². The number of methoxy groups -OCH3 is 2. The van der Waals surface area contributed by atoms with Crippen molar-refractivity contribution in [1.82, 2.24) is 4.90 Å². The van der Waals surface area contributed by atoms with Gasteiger partial charge in [-0.05, 0) is 23.8 Å². The Balaban J connectivity index is 1.94. The number of furan rings is 1. The van der Waals surface area contributed by atoms with Gasteiger partial charge in [-0.1, -0.05) is 0 Å². The van der Waals surface area contributed by atoms with Crippen LogP contribution >= 0.6 is 0 Å². The van der Waals surface area contributed by atoms with Crippen LogP contribution < -0.4 is 15.2 Å². The topological polar surface area (TPSA) is 60.9 Å². The molecule has 0 spiro atoms. The molecule has 1 aromatic carbocycles. The van der Waals surface area contributed by atoms with E-state index >= 15 is 0 Å². The number of hydrogen-bond donors (Lipinski definition) is 1. The van der Waals surface area contributed by atoms with Gasteiger partial charge in [-0.25, -0.2) is 0 Å². The normalized spacial score (nSPS) is 17.8. The molecule has 0 radical (unpaired) electrons. The molecule has 0 saturated carbocycles. The number of benzene rings is 1. The fraction of sp³-hybridized carbons (Fsp3) is 0.375. The van der Waals surface area contributed by atoms with Gasteiger partial charge in [0.1, 0.15) is 17.3 Å². The summed E-state index contributed by atoms with van der Waals surface area (Å²) in [4.78, 5) is 2.30. The minimum Gasteiger partial charge on any atom is -0.497 e. The zero-order valence-electron chi connectivity index (χ0n) is 12.3. The summed E-state index contributed by atoms with van der Waals surface area (Å²) in [7, 11) is 3.34. The van der Waals surface area contributed by atoms with E-state index in [9.17, 15) is 0 Å². The lowest BCUT2D eigenvalue weighted by atomic mass is 10.0. The summed E-state index contributed by atoms with van der Waals surface area (Å²) < 4.78 is 16.3. The standard InChI is InChI=1S/C16H20N2O3/c1-19-13-6-11-9-18(10-12-4-3-5-21-12)14(8-17)16(11)15(7-13)20-2/h3-7,14H,8-10,17H2,1-2H3. The highest BCUT2D eigenvalue weighted by Crippen LogP contribution is 2.42. The van der Waals surface area contributed by atoms with Gasteiger partial charge in [0.05, 0.1) is 33.1 Å². The Labute approximate surface area is 124 Å². The van der Waals surface area contributed by atoms with Crippen LogP contribution in [0.4, 0.5) is 0 Å². The van der Waals surface area contributed by atoms with Gasteiger partial charge in [0.25, 0.3) is 0 Å². The highest BCUT2D eigenvalue weighted by Gasteiger charge is 2.33. The Morgan fingerprint density at radius 3 is 2.81 bits per heavy atom. The predicted molar refractivity (Wildman–Crippen MR) is 79.3 cm³/mol. The van der Waals surface area contributed by atoms with Gasteiger partial charge in [-0.2, -0.15) is 0 Å². The molecular formula is C16H20N2O3. The van der Waals surface area contributed by atoms with Crippen molar-refractivity contribution >= 4 is 0 Å². The van der Waals surface area contributed by atoms with E-state index in [1.165, 1.54) is 5.56 Å². The molecule has 5 nitrogen and oxygen atoms in total. The molecule has 1 aromatic heterocycles. The second-order valence-electron chi connectivity index (χ2n) is 5.14. The fourth-order valence-corrected chi connectivity index (χ4v) is 3.00. The summed E-state index contributed by atoms with van der Waals surface area (Å²) in [6.07, 6.45) is 1.69. The van der Waals surface area contributed by atoms with E-state index < -0.39 is 0 Å². The van der Waals surface area contributed by atoms with Crippen molar-refractivity contribution in [2.24, 2.45) is 5.73 Å². The Morgan fingerprint density at radius 1 is 1.33 bits per heavy atom. The molecule has 0 bridgehead atoms. The van der Waals surface area contributed by atoms with Gasteiger partial charge in [-0.15, -0.1) is 0 Å². The lowest BCUT2D eigenvalue weighted by molar-refractivity contribution is 0.192. The molecule has 2 N–H and O–H groups in total. The molecule has 5 heteroatoms. The number of ether oxygens (including phenoxy) is 2. The number of nitrogens with zero attached hydrogens (tertiary/aromatic N) is 1. The molecule has 0 saturated heterocycles. The maximum atomic E-state index is 6.00. The first-order valence-electron chi connectivity index (χ1n) is 6.98. The fourth-order valence-electron chi connectivity index (χ4n) is 3.00. The van der Waals surface area contributed by atoms with Crippen LogP contribution in [0.3, 0.4) is 0 Å². The molecule has 0 amide bonds. The van der Waals surface area contributed by atoms with Gasteiger partial charge in [-0.3, -0.25) is 4.90 Å². The maximum absolute atomic E-state index is 6.00. The van der Waals surface area contributed by atoms with Crippen molar-refractivity contribution < 1.29 is 13.9 Å². The van der Waals surface area contributed by atoms with Crippen LogP contribution in [-0.2, 0) is 13.1 Å². The van der Waals surface area contributed by atoms with Gasteiger partial charge >= 0.3 is 0 Å². The quantitative estimate of drug-likeness (QED) is 0.915. The Hall–Kier alpha value is -1.98. The molecule has 1 atom stereocenters. The second kappa shape index (κ2) is 5.79. The minimum absolute atomic E-state index is 0.131. The summed E-state index contributed by atoms with van der Waals surface area (Å²) in [6, 6.07) is 7.99. The average molecular weight is 288 g/mol. The Morgan fingerprint density at radius 2 is 2.19 bits per heavy atom. The lowest BCUT2D eigenvalue weighted by Crippen LogP contribution is -2.27. The first kappa shape index (κ1) is 14.0. The third-order valence-corrected chi connectivity index (χ3v) is 3.97. The van der Waals surface area contributed by atoms with Crippen molar-refractivity contribution in [2.75, 3.05) is 20.8 Å². The first-order chi connectivity index (χ1) is 10.3. The molecule has 0 aliphatic carbocycles. The highest BCUT2D eigenvalue weighted by molar-refractivity contribution is 5.50. The van der Waals surface area contributed by atoms with Crippen LogP contribution in [0.2, 0.25) is 0 Å². The molecule has 3 rings (SSSR count). The average Bonchev–Trinajstić information content (AvgIpc) is 3.13. The number of fused-ring (bicyclic) bond motifs is 1. The van der Waals surface area contributed by atoms with E-state index in [4.69, 9.17) is 19.6 Å². The van der Waals surface area contributed by atoms with E-state index in [1.54, 1.807) is 20.5 Å². The highest BCUT2D eigenvalue weighted by atomic mass is 16.5. The molecule has 0 fully saturated rings. The molecule has 112 valence electrons. The van der Waals surface area contributed by atoms with Gasteiger partial charge in [0, 0.05) is 24.7 Å². The summed E-state index contributed by atoms with van der Waals surface area (Å²) in [5.41, 5.74) is 8.36. The minimum atomic E-state index is 0.131. The largest absolute Gasteiger partial charge is 0.497 e. The monoisotopic (exact) mass is 288 g/mol. The Bertz CT molecular complexity index is 610. The van der Waals surface area contributed by atoms with Crippen LogP contribution in [-0.4, -0.2) is 25.7 Å². The molecule has 21 heavy (non-hydrogen) atoms. The van der Waals surface area contributed by atoms with E-state index in [2.05, 4.69) is 11.0 Å². The number of rotatable bonds is 5. The molecule has 1 aliphatic rings. The molecule has 1 aliphatic heterocycles. The van der Waals surface area contributed by atoms with E-state index in [1.807, 2.05) is 18.2 Å². The smallest absolute Gasteiger partial charge is 0.127 e. The summed E-state index contributed by atoms with van der Waals surface area (Å²) >= 11 is 0. The SMILES string of the molecule is COc1cc2c(c(OC)c1)C(CN)N(Cc1ccco1)C2.